The van der Waals surface area contributed by atoms with Crippen molar-refractivity contribution in [1.82, 2.24) is 9.97 Å². The minimum atomic E-state index is -0.473. The number of unbranched alkanes of at least 4 members (excludes halogenated alkanes) is 3. The molecule has 2 aromatic rings. The maximum atomic E-state index is 10.2. The Balaban J connectivity index is 2.14. The van der Waals surface area contributed by atoms with E-state index in [4.69, 9.17) is 0 Å². The molecule has 1 N–H and O–H groups in total. The number of hydrogen-bond donors (Lipinski definition) is 1. The summed E-state index contributed by atoms with van der Waals surface area (Å²) >= 11 is 0. The van der Waals surface area contributed by atoms with Crippen LogP contribution in [0, 0.1) is 13.8 Å². The van der Waals surface area contributed by atoms with Crippen molar-refractivity contribution in [1.29, 1.82) is 0 Å². The molecule has 20 heavy (non-hydrogen) atoms. The van der Waals surface area contributed by atoms with E-state index in [9.17, 15) is 5.11 Å². The highest BCUT2D eigenvalue weighted by molar-refractivity contribution is 5.78. The van der Waals surface area contributed by atoms with Crippen molar-refractivity contribution in [2.45, 2.75) is 59.0 Å². The summed E-state index contributed by atoms with van der Waals surface area (Å²) in [5, 5.41) is 11.3. The van der Waals surface area contributed by atoms with Crippen LogP contribution in [0.1, 0.15) is 62.1 Å². The highest BCUT2D eigenvalue weighted by Crippen LogP contribution is 2.22. The Morgan fingerprint density at radius 3 is 2.65 bits per heavy atom. The maximum Gasteiger partial charge on any atom is 0.160 e. The number of pyridine rings is 2. The minimum Gasteiger partial charge on any atom is -0.387 e. The molecule has 0 fully saturated rings. The van der Waals surface area contributed by atoms with Gasteiger partial charge in [-0.1, -0.05) is 32.6 Å². The fourth-order valence-corrected chi connectivity index (χ4v) is 2.54. The van der Waals surface area contributed by atoms with Crippen molar-refractivity contribution in [3.05, 3.63) is 35.2 Å². The summed E-state index contributed by atoms with van der Waals surface area (Å²) < 4.78 is 0. The van der Waals surface area contributed by atoms with Gasteiger partial charge in [0.15, 0.2) is 5.65 Å². The minimum absolute atomic E-state index is 0.473. The fraction of sp³-hybridized carbons (Fsp3) is 0.529. The van der Waals surface area contributed by atoms with E-state index in [1.54, 1.807) is 0 Å². The van der Waals surface area contributed by atoms with Gasteiger partial charge < -0.3 is 5.11 Å². The normalized spacial score (nSPS) is 12.8. The summed E-state index contributed by atoms with van der Waals surface area (Å²) in [7, 11) is 0. The van der Waals surface area contributed by atoms with Crippen LogP contribution in [0.4, 0.5) is 0 Å². The Kier molecular flexibility index (Phi) is 5.07. The topological polar surface area (TPSA) is 46.0 Å². The highest BCUT2D eigenvalue weighted by Gasteiger charge is 2.11. The quantitative estimate of drug-likeness (QED) is 0.800. The van der Waals surface area contributed by atoms with Crippen molar-refractivity contribution >= 4 is 11.0 Å². The maximum absolute atomic E-state index is 10.2. The molecule has 1 atom stereocenters. The molecule has 0 bridgehead atoms. The van der Waals surface area contributed by atoms with Crippen LogP contribution >= 0.6 is 0 Å². The number of hydrogen-bond acceptors (Lipinski definition) is 3. The third kappa shape index (κ3) is 3.54. The molecular formula is C17H24N2O. The third-order valence-electron chi connectivity index (χ3n) is 3.70. The zero-order valence-electron chi connectivity index (χ0n) is 12.7. The molecule has 0 aliphatic rings. The van der Waals surface area contributed by atoms with Gasteiger partial charge in [-0.15, -0.1) is 0 Å². The average molecular weight is 272 g/mol. The van der Waals surface area contributed by atoms with E-state index in [-0.39, 0.29) is 0 Å². The molecule has 0 saturated heterocycles. The Bertz CT molecular complexity index is 580. The number of rotatable bonds is 6. The summed E-state index contributed by atoms with van der Waals surface area (Å²) in [5.74, 6) is 0. The first kappa shape index (κ1) is 14.9. The molecule has 0 aliphatic carbocycles. The summed E-state index contributed by atoms with van der Waals surface area (Å²) in [6.07, 6.45) is 4.99. The molecule has 1 unspecified atom stereocenters. The number of aryl methyl sites for hydroxylation is 2. The second-order valence-corrected chi connectivity index (χ2v) is 5.55. The van der Waals surface area contributed by atoms with Gasteiger partial charge in [0, 0.05) is 11.1 Å². The molecule has 108 valence electrons. The molecule has 3 nitrogen and oxygen atoms in total. The molecular weight excluding hydrogens is 248 g/mol. The van der Waals surface area contributed by atoms with Crippen LogP contribution < -0.4 is 0 Å². The first-order valence-corrected chi connectivity index (χ1v) is 7.54. The molecule has 2 aromatic heterocycles. The lowest BCUT2D eigenvalue weighted by molar-refractivity contribution is 0.159. The van der Waals surface area contributed by atoms with Gasteiger partial charge in [0.2, 0.25) is 0 Å². The Morgan fingerprint density at radius 1 is 1.10 bits per heavy atom. The lowest BCUT2D eigenvalue weighted by atomic mass is 10.1. The number of fused-ring (bicyclic) bond motifs is 1. The van der Waals surface area contributed by atoms with Crippen LogP contribution in [0.3, 0.4) is 0 Å². The van der Waals surface area contributed by atoms with Crippen molar-refractivity contribution in [3.8, 4) is 0 Å². The van der Waals surface area contributed by atoms with E-state index in [1.807, 2.05) is 19.1 Å². The number of aromatic nitrogens is 2. The van der Waals surface area contributed by atoms with E-state index < -0.39 is 6.10 Å². The largest absolute Gasteiger partial charge is 0.387 e. The van der Waals surface area contributed by atoms with Crippen LogP contribution in [0.15, 0.2) is 18.2 Å². The smallest absolute Gasteiger partial charge is 0.160 e. The van der Waals surface area contributed by atoms with Crippen LogP contribution in [0.5, 0.6) is 0 Å². The van der Waals surface area contributed by atoms with Crippen LogP contribution in [-0.2, 0) is 0 Å². The molecule has 0 aliphatic heterocycles. The van der Waals surface area contributed by atoms with Crippen LogP contribution in [0.2, 0.25) is 0 Å². The van der Waals surface area contributed by atoms with E-state index in [2.05, 4.69) is 29.9 Å². The van der Waals surface area contributed by atoms with Crippen LogP contribution in [-0.4, -0.2) is 15.1 Å². The Hall–Kier alpha value is -1.48. The second-order valence-electron chi connectivity index (χ2n) is 5.55. The van der Waals surface area contributed by atoms with Gasteiger partial charge in [-0.25, -0.2) is 9.97 Å². The van der Waals surface area contributed by atoms with Gasteiger partial charge in [-0.05, 0) is 44.0 Å². The van der Waals surface area contributed by atoms with E-state index >= 15 is 0 Å². The fourth-order valence-electron chi connectivity index (χ4n) is 2.54. The molecule has 3 heteroatoms. The molecule has 2 rings (SSSR count). The monoisotopic (exact) mass is 272 g/mol. The summed E-state index contributed by atoms with van der Waals surface area (Å²) in [6, 6.07) is 6.01. The number of nitrogens with zero attached hydrogens (tertiary/aromatic N) is 2. The van der Waals surface area contributed by atoms with E-state index in [0.717, 1.165) is 35.3 Å². The van der Waals surface area contributed by atoms with Crippen molar-refractivity contribution < 1.29 is 5.11 Å². The number of aliphatic hydroxyl groups excluding tert-OH is 1. The van der Waals surface area contributed by atoms with Gasteiger partial charge >= 0.3 is 0 Å². The third-order valence-corrected chi connectivity index (χ3v) is 3.70. The summed E-state index contributed by atoms with van der Waals surface area (Å²) in [4.78, 5) is 9.00. The Labute approximate surface area is 121 Å². The molecule has 0 spiro atoms. The SMILES string of the molecule is CCCCCCC(O)c1ccc2c(C)cc(C)nc2n1. The standard InChI is InChI=1S/C17H24N2O/c1-4-5-6-7-8-16(20)15-10-9-14-12(2)11-13(3)18-17(14)19-15/h9-11,16,20H,4-8H2,1-3H3. The van der Waals surface area contributed by atoms with Gasteiger partial charge in [0.05, 0.1) is 11.8 Å². The predicted molar refractivity (Wildman–Crippen MR) is 82.7 cm³/mol. The van der Waals surface area contributed by atoms with Crippen molar-refractivity contribution in [2.24, 2.45) is 0 Å². The Morgan fingerprint density at radius 2 is 1.90 bits per heavy atom. The lowest BCUT2D eigenvalue weighted by Crippen LogP contribution is -2.02. The molecule has 0 aromatic carbocycles. The van der Waals surface area contributed by atoms with E-state index in [0.29, 0.717) is 0 Å². The number of aliphatic hydroxyl groups is 1. The van der Waals surface area contributed by atoms with E-state index in [1.165, 1.54) is 24.8 Å². The predicted octanol–water partition coefficient (Wildman–Crippen LogP) is 4.25. The summed E-state index contributed by atoms with van der Waals surface area (Å²) in [6.45, 7) is 6.24. The van der Waals surface area contributed by atoms with Gasteiger partial charge in [-0.3, -0.25) is 0 Å². The molecule has 0 radical (unpaired) electrons. The van der Waals surface area contributed by atoms with Gasteiger partial charge in [0.1, 0.15) is 0 Å². The van der Waals surface area contributed by atoms with Crippen molar-refractivity contribution in [3.63, 3.8) is 0 Å². The average Bonchev–Trinajstić information content (AvgIpc) is 2.42. The molecule has 0 amide bonds. The molecule has 2 heterocycles. The van der Waals surface area contributed by atoms with Crippen LogP contribution in [0.25, 0.3) is 11.0 Å². The zero-order valence-corrected chi connectivity index (χ0v) is 12.7. The van der Waals surface area contributed by atoms with Gasteiger partial charge in [0.25, 0.3) is 0 Å². The van der Waals surface area contributed by atoms with Crippen molar-refractivity contribution in [2.75, 3.05) is 0 Å². The molecule has 0 saturated carbocycles. The second kappa shape index (κ2) is 6.80. The first-order valence-electron chi connectivity index (χ1n) is 7.54. The lowest BCUT2D eigenvalue weighted by Gasteiger charge is -2.11. The highest BCUT2D eigenvalue weighted by atomic mass is 16.3. The zero-order chi connectivity index (χ0) is 14.5. The van der Waals surface area contributed by atoms with Gasteiger partial charge in [-0.2, -0.15) is 0 Å². The summed E-state index contributed by atoms with van der Waals surface area (Å²) in [5.41, 5.74) is 3.64. The first-order chi connectivity index (χ1) is 9.61.